The molecule has 0 bridgehead atoms. The van der Waals surface area contributed by atoms with Gasteiger partial charge < -0.3 is 24.8 Å². The predicted octanol–water partition coefficient (Wildman–Crippen LogP) is -2.36. The number of ether oxygens (including phenoxy) is 2. The zero-order valence-electron chi connectivity index (χ0n) is 7.08. The summed E-state index contributed by atoms with van der Waals surface area (Å²) in [6.07, 6.45) is -5.16. The van der Waals surface area contributed by atoms with Gasteiger partial charge in [-0.25, -0.2) is 0 Å². The van der Waals surface area contributed by atoms with Gasteiger partial charge in [-0.05, 0) is 0 Å². The van der Waals surface area contributed by atoms with E-state index >= 15 is 0 Å². The Kier molecular flexibility index (Phi) is 3.34. The third-order valence-corrected chi connectivity index (χ3v) is 1.91. The molecule has 1 heterocycles. The molecule has 0 aromatic rings. The van der Waals surface area contributed by atoms with Crippen LogP contribution < -0.4 is 0 Å². The zero-order valence-corrected chi connectivity index (χ0v) is 7.08. The molecule has 1 fully saturated rings. The van der Waals surface area contributed by atoms with Crippen LogP contribution in [0, 0.1) is 0 Å². The number of ketones is 1. The normalized spacial score (nSPS) is 40.8. The third kappa shape index (κ3) is 1.87. The van der Waals surface area contributed by atoms with Crippen LogP contribution in [0.5, 0.6) is 0 Å². The second-order valence-electron chi connectivity index (χ2n) is 2.75. The number of carbonyl (C=O) groups excluding carboxylic acids is 1. The van der Waals surface area contributed by atoms with Gasteiger partial charge in [0.1, 0.15) is 18.3 Å². The first-order valence-electron chi connectivity index (χ1n) is 3.80. The van der Waals surface area contributed by atoms with Gasteiger partial charge in [0.25, 0.3) is 0 Å². The molecule has 4 atom stereocenters. The molecule has 0 aromatic heterocycles. The number of hydrogen-bond donors (Lipinski definition) is 3. The summed E-state index contributed by atoms with van der Waals surface area (Å²) in [5, 5.41) is 27.1. The lowest BCUT2D eigenvalue weighted by Crippen LogP contribution is -2.56. The minimum Gasteiger partial charge on any atom is -0.393 e. The quantitative estimate of drug-likeness (QED) is 0.453. The molecule has 6 heteroatoms. The number of aliphatic hydroxyl groups is 3. The van der Waals surface area contributed by atoms with Gasteiger partial charge in [0.05, 0.1) is 6.61 Å². The summed E-state index contributed by atoms with van der Waals surface area (Å²) < 4.78 is 9.51. The second-order valence-corrected chi connectivity index (χ2v) is 2.75. The lowest BCUT2D eigenvalue weighted by Gasteiger charge is -2.34. The molecule has 0 aromatic carbocycles. The summed E-state index contributed by atoms with van der Waals surface area (Å²) in [6.45, 7) is -0.539. The fourth-order valence-corrected chi connectivity index (χ4v) is 1.15. The van der Waals surface area contributed by atoms with Gasteiger partial charge >= 0.3 is 0 Å². The molecule has 0 saturated carbocycles. The first-order chi connectivity index (χ1) is 6.11. The van der Waals surface area contributed by atoms with E-state index < -0.39 is 37.0 Å². The number of hydrogen-bond acceptors (Lipinski definition) is 6. The molecular formula is C7H12O6. The first-order valence-corrected chi connectivity index (χ1v) is 3.80. The van der Waals surface area contributed by atoms with Crippen molar-refractivity contribution in [2.24, 2.45) is 0 Å². The number of carbonyl (C=O) groups is 1. The van der Waals surface area contributed by atoms with Crippen molar-refractivity contribution in [3.8, 4) is 0 Å². The molecule has 1 saturated heterocycles. The largest absolute Gasteiger partial charge is 0.393 e. The van der Waals surface area contributed by atoms with E-state index in [1.165, 1.54) is 7.11 Å². The monoisotopic (exact) mass is 192 g/mol. The summed E-state index contributed by atoms with van der Waals surface area (Å²) in [5.74, 6) is -0.733. The van der Waals surface area contributed by atoms with Crippen molar-refractivity contribution in [3.05, 3.63) is 0 Å². The van der Waals surface area contributed by atoms with E-state index in [0.717, 1.165) is 0 Å². The number of aliphatic hydroxyl groups excluding tert-OH is 3. The first kappa shape index (κ1) is 10.6. The molecule has 6 nitrogen and oxygen atoms in total. The Morgan fingerprint density at radius 1 is 1.54 bits per heavy atom. The van der Waals surface area contributed by atoms with Gasteiger partial charge in [-0.15, -0.1) is 0 Å². The van der Waals surface area contributed by atoms with Crippen LogP contribution in [-0.4, -0.2) is 59.4 Å². The maximum Gasteiger partial charge on any atom is 0.195 e. The van der Waals surface area contributed by atoms with Gasteiger partial charge in [0.2, 0.25) is 0 Å². The van der Waals surface area contributed by atoms with Crippen LogP contribution in [0.2, 0.25) is 0 Å². The molecule has 0 spiro atoms. The van der Waals surface area contributed by atoms with Gasteiger partial charge in [0, 0.05) is 7.11 Å². The molecule has 1 aliphatic heterocycles. The zero-order chi connectivity index (χ0) is 10.0. The lowest BCUT2D eigenvalue weighted by atomic mass is 10.0. The highest BCUT2D eigenvalue weighted by atomic mass is 16.7. The molecular weight excluding hydrogens is 180 g/mol. The van der Waals surface area contributed by atoms with Crippen molar-refractivity contribution in [3.63, 3.8) is 0 Å². The Bertz CT molecular complexity index is 189. The molecule has 1 aliphatic rings. The second kappa shape index (κ2) is 4.12. The minimum absolute atomic E-state index is 0.539. The van der Waals surface area contributed by atoms with E-state index in [-0.39, 0.29) is 0 Å². The fourth-order valence-electron chi connectivity index (χ4n) is 1.15. The summed E-state index contributed by atoms with van der Waals surface area (Å²) in [7, 11) is 1.27. The smallest absolute Gasteiger partial charge is 0.195 e. The van der Waals surface area contributed by atoms with E-state index in [9.17, 15) is 15.0 Å². The maximum absolute atomic E-state index is 11.1. The SMILES string of the molecule is CO[C@H]1O[C@H](CO)C(=O)[C@H](O)[C@H]1O. The van der Waals surface area contributed by atoms with Crippen LogP contribution >= 0.6 is 0 Å². The van der Waals surface area contributed by atoms with Crippen LogP contribution in [0.25, 0.3) is 0 Å². The molecule has 13 heavy (non-hydrogen) atoms. The predicted molar refractivity (Wildman–Crippen MR) is 39.8 cm³/mol. The Morgan fingerprint density at radius 3 is 2.62 bits per heavy atom. The summed E-state index contributed by atoms with van der Waals surface area (Å²) in [6, 6.07) is 0. The molecule has 0 aliphatic carbocycles. The van der Waals surface area contributed by atoms with Crippen molar-refractivity contribution >= 4 is 5.78 Å². The number of Topliss-reactive ketones (excluding diaryl/α,β-unsaturated/α-hetero) is 1. The van der Waals surface area contributed by atoms with Crippen LogP contribution in [0.15, 0.2) is 0 Å². The van der Waals surface area contributed by atoms with Crippen molar-refractivity contribution in [2.45, 2.75) is 24.6 Å². The Labute approximate surface area is 74.7 Å². The van der Waals surface area contributed by atoms with Gasteiger partial charge in [-0.2, -0.15) is 0 Å². The summed E-state index contributed by atoms with van der Waals surface area (Å²) in [5.41, 5.74) is 0. The fraction of sp³-hybridized carbons (Fsp3) is 0.857. The van der Waals surface area contributed by atoms with Crippen molar-refractivity contribution in [1.29, 1.82) is 0 Å². The highest BCUT2D eigenvalue weighted by Gasteiger charge is 2.43. The van der Waals surface area contributed by atoms with Crippen molar-refractivity contribution in [1.82, 2.24) is 0 Å². The van der Waals surface area contributed by atoms with Crippen LogP contribution in [0.1, 0.15) is 0 Å². The number of methoxy groups -OCH3 is 1. The molecule has 0 unspecified atom stereocenters. The highest BCUT2D eigenvalue weighted by molar-refractivity contribution is 5.88. The van der Waals surface area contributed by atoms with Gasteiger partial charge in [0.15, 0.2) is 12.1 Å². The van der Waals surface area contributed by atoms with Crippen LogP contribution in [0.4, 0.5) is 0 Å². The van der Waals surface area contributed by atoms with E-state index in [0.29, 0.717) is 0 Å². The average Bonchev–Trinajstić information content (AvgIpc) is 2.15. The van der Waals surface area contributed by atoms with E-state index in [1.54, 1.807) is 0 Å². The molecule has 0 amide bonds. The lowest BCUT2D eigenvalue weighted by molar-refractivity contribution is -0.248. The average molecular weight is 192 g/mol. The van der Waals surface area contributed by atoms with Crippen molar-refractivity contribution < 1.29 is 29.6 Å². The van der Waals surface area contributed by atoms with E-state index in [2.05, 4.69) is 4.74 Å². The standard InChI is InChI=1S/C7H12O6/c1-12-7-6(11)5(10)4(9)3(2-8)13-7/h3,5-8,10-11H,2H2,1H3/t3-,5+,6-,7+/m1/s1. The van der Waals surface area contributed by atoms with E-state index in [4.69, 9.17) is 9.84 Å². The minimum atomic E-state index is -1.56. The van der Waals surface area contributed by atoms with Crippen molar-refractivity contribution in [2.75, 3.05) is 13.7 Å². The van der Waals surface area contributed by atoms with Crippen LogP contribution in [0.3, 0.4) is 0 Å². The highest BCUT2D eigenvalue weighted by Crippen LogP contribution is 2.17. The third-order valence-electron chi connectivity index (χ3n) is 1.91. The summed E-state index contributed by atoms with van der Waals surface area (Å²) >= 11 is 0. The Hall–Kier alpha value is -0.530. The van der Waals surface area contributed by atoms with Gasteiger partial charge in [-0.1, -0.05) is 0 Å². The van der Waals surface area contributed by atoms with Gasteiger partial charge in [-0.3, -0.25) is 4.79 Å². The number of rotatable bonds is 2. The maximum atomic E-state index is 11.1. The molecule has 1 rings (SSSR count). The molecule has 76 valence electrons. The topological polar surface area (TPSA) is 96.2 Å². The molecule has 3 N–H and O–H groups in total. The molecule has 0 radical (unpaired) electrons. The van der Waals surface area contributed by atoms with E-state index in [1.807, 2.05) is 0 Å². The Morgan fingerprint density at radius 2 is 2.15 bits per heavy atom. The van der Waals surface area contributed by atoms with Crippen LogP contribution in [-0.2, 0) is 14.3 Å². The Balaban J connectivity index is 2.72. The summed E-state index contributed by atoms with van der Waals surface area (Å²) in [4.78, 5) is 11.1.